The Kier molecular flexibility index (Phi) is 6.51. The van der Waals surface area contributed by atoms with Gasteiger partial charge < -0.3 is 10.6 Å². The molecular weight excluding hydrogens is 402 g/mol. The summed E-state index contributed by atoms with van der Waals surface area (Å²) >= 11 is 5.54. The largest absolute Gasteiger partial charge is 0.352 e. The predicted molar refractivity (Wildman–Crippen MR) is 124 cm³/mol. The lowest BCUT2D eigenvalue weighted by molar-refractivity contribution is 0.600. The minimum Gasteiger partial charge on any atom is -0.352 e. The van der Waals surface area contributed by atoms with Crippen molar-refractivity contribution in [1.82, 2.24) is 5.32 Å². The van der Waals surface area contributed by atoms with E-state index >= 15 is 0 Å². The van der Waals surface area contributed by atoms with Crippen LogP contribution in [-0.2, 0) is 10.0 Å². The first-order chi connectivity index (χ1) is 13.8. The Labute approximate surface area is 177 Å². The number of rotatable bonds is 6. The topological polar surface area (TPSA) is 61.4 Å². The highest BCUT2D eigenvalue weighted by Crippen LogP contribution is 2.23. The zero-order valence-corrected chi connectivity index (χ0v) is 17.9. The number of hydrogen-bond donors (Lipinski definition) is 2. The third-order valence-corrected chi connectivity index (χ3v) is 5.93. The van der Waals surface area contributed by atoms with Gasteiger partial charge in [-0.1, -0.05) is 66.7 Å². The van der Waals surface area contributed by atoms with Gasteiger partial charge in [0.1, 0.15) is 0 Å². The lowest BCUT2D eigenvalue weighted by Crippen LogP contribution is -2.33. The van der Waals surface area contributed by atoms with Gasteiger partial charge in [-0.3, -0.25) is 4.31 Å². The van der Waals surface area contributed by atoms with Crippen LogP contribution in [0.25, 0.3) is 0 Å². The van der Waals surface area contributed by atoms with Gasteiger partial charge in [-0.05, 0) is 41.5 Å². The summed E-state index contributed by atoms with van der Waals surface area (Å²) in [5, 5.41) is 6.97. The second-order valence-corrected chi connectivity index (χ2v) is 9.06. The monoisotopic (exact) mass is 425 g/mol. The third-order valence-electron chi connectivity index (χ3n) is 4.51. The van der Waals surface area contributed by atoms with Crippen molar-refractivity contribution in [2.24, 2.45) is 0 Å². The third kappa shape index (κ3) is 5.56. The summed E-state index contributed by atoms with van der Waals surface area (Å²) in [6.07, 6.45) is 1.17. The number of nitrogens with one attached hydrogen (secondary N) is 2. The first kappa shape index (κ1) is 20.8. The van der Waals surface area contributed by atoms with E-state index in [9.17, 15) is 8.42 Å². The molecular formula is C22H23N3O2S2. The van der Waals surface area contributed by atoms with Crippen LogP contribution in [0.2, 0.25) is 0 Å². The fourth-order valence-corrected chi connectivity index (χ4v) is 3.65. The summed E-state index contributed by atoms with van der Waals surface area (Å²) in [5.41, 5.74) is 3.44. The average molecular weight is 426 g/mol. The van der Waals surface area contributed by atoms with E-state index in [1.54, 1.807) is 18.2 Å². The highest BCUT2D eigenvalue weighted by Gasteiger charge is 2.16. The van der Waals surface area contributed by atoms with Crippen molar-refractivity contribution in [3.8, 4) is 0 Å². The molecule has 0 bridgehead atoms. The molecule has 0 saturated heterocycles. The summed E-state index contributed by atoms with van der Waals surface area (Å²) in [7, 11) is -1.82. The van der Waals surface area contributed by atoms with Crippen LogP contribution >= 0.6 is 12.2 Å². The minimum atomic E-state index is -3.34. The lowest BCUT2D eigenvalue weighted by atomic mass is 9.99. The Hall–Kier alpha value is -2.90. The number of sulfonamides is 1. The molecule has 0 atom stereocenters. The van der Waals surface area contributed by atoms with Gasteiger partial charge in [0.2, 0.25) is 10.0 Å². The molecule has 5 nitrogen and oxygen atoms in total. The fraction of sp³-hybridized carbons (Fsp3) is 0.136. The van der Waals surface area contributed by atoms with Crippen molar-refractivity contribution >= 4 is 38.7 Å². The summed E-state index contributed by atoms with van der Waals surface area (Å²) in [4.78, 5) is 0. The van der Waals surface area contributed by atoms with E-state index in [1.165, 1.54) is 17.6 Å². The molecule has 2 N–H and O–H groups in total. The van der Waals surface area contributed by atoms with Gasteiger partial charge in [-0.25, -0.2) is 8.42 Å². The fourth-order valence-electron chi connectivity index (χ4n) is 2.92. The highest BCUT2D eigenvalue weighted by molar-refractivity contribution is 7.92. The van der Waals surface area contributed by atoms with E-state index < -0.39 is 10.0 Å². The van der Waals surface area contributed by atoms with E-state index in [2.05, 4.69) is 34.9 Å². The van der Waals surface area contributed by atoms with Gasteiger partial charge in [0.05, 0.1) is 18.0 Å². The smallest absolute Gasteiger partial charge is 0.231 e. The molecule has 0 unspecified atom stereocenters. The molecule has 0 aliphatic carbocycles. The van der Waals surface area contributed by atoms with Crippen molar-refractivity contribution in [2.75, 3.05) is 22.9 Å². The van der Waals surface area contributed by atoms with Crippen LogP contribution in [0.15, 0.2) is 84.9 Å². The second-order valence-electron chi connectivity index (χ2n) is 6.63. The van der Waals surface area contributed by atoms with Crippen LogP contribution in [0.1, 0.15) is 17.2 Å². The van der Waals surface area contributed by atoms with Crippen molar-refractivity contribution in [1.29, 1.82) is 0 Å². The summed E-state index contributed by atoms with van der Waals surface area (Å²) in [5.74, 6) is 0. The number of hydrogen-bond acceptors (Lipinski definition) is 3. The number of anilines is 2. The molecule has 0 aliphatic rings. The van der Waals surface area contributed by atoms with Gasteiger partial charge in [0.25, 0.3) is 0 Å². The van der Waals surface area contributed by atoms with Crippen LogP contribution in [-0.4, -0.2) is 26.8 Å². The van der Waals surface area contributed by atoms with Gasteiger partial charge in [-0.15, -0.1) is 0 Å². The van der Waals surface area contributed by atoms with Gasteiger partial charge in [0, 0.05) is 12.7 Å². The zero-order valence-electron chi connectivity index (χ0n) is 16.2. The van der Waals surface area contributed by atoms with Gasteiger partial charge >= 0.3 is 0 Å². The molecule has 0 saturated carbocycles. The Bertz CT molecular complexity index is 1030. The Morgan fingerprint density at radius 2 is 1.45 bits per heavy atom. The van der Waals surface area contributed by atoms with Crippen molar-refractivity contribution in [3.63, 3.8) is 0 Å². The maximum absolute atomic E-state index is 11.8. The van der Waals surface area contributed by atoms with Crippen molar-refractivity contribution in [2.45, 2.75) is 6.04 Å². The predicted octanol–water partition coefficient (Wildman–Crippen LogP) is 4.16. The molecule has 0 fully saturated rings. The van der Waals surface area contributed by atoms with Gasteiger partial charge in [0.15, 0.2) is 5.11 Å². The Morgan fingerprint density at radius 3 is 1.97 bits per heavy atom. The van der Waals surface area contributed by atoms with Crippen molar-refractivity contribution < 1.29 is 8.42 Å². The molecule has 0 spiro atoms. The lowest BCUT2D eigenvalue weighted by Gasteiger charge is -2.22. The summed E-state index contributed by atoms with van der Waals surface area (Å²) < 4.78 is 24.8. The van der Waals surface area contributed by atoms with Crippen LogP contribution < -0.4 is 14.9 Å². The standard InChI is InChI=1S/C22H23N3O2S2/c1-25(29(2,26)27)20-15-9-14-19(16-20)23-22(28)24-21(17-10-5-3-6-11-17)18-12-7-4-8-13-18/h3-16,21H,1-2H3,(H2,23,24,28). The Balaban J connectivity index is 1.79. The van der Waals surface area contributed by atoms with Crippen LogP contribution in [0.5, 0.6) is 0 Å². The van der Waals surface area contributed by atoms with E-state index in [4.69, 9.17) is 12.2 Å². The van der Waals surface area contributed by atoms with Crippen molar-refractivity contribution in [3.05, 3.63) is 96.1 Å². The quantitative estimate of drug-likeness (QED) is 0.581. The summed E-state index contributed by atoms with van der Waals surface area (Å²) in [6.45, 7) is 0. The van der Waals surface area contributed by atoms with E-state index in [1.807, 2.05) is 42.5 Å². The maximum atomic E-state index is 11.8. The van der Waals surface area contributed by atoms with Gasteiger partial charge in [-0.2, -0.15) is 0 Å². The first-order valence-corrected chi connectivity index (χ1v) is 11.3. The van der Waals surface area contributed by atoms with Crippen LogP contribution in [0, 0.1) is 0 Å². The minimum absolute atomic E-state index is 0.112. The second kappa shape index (κ2) is 9.07. The molecule has 0 radical (unpaired) electrons. The highest BCUT2D eigenvalue weighted by atomic mass is 32.2. The molecule has 0 heterocycles. The van der Waals surface area contributed by atoms with Crippen LogP contribution in [0.4, 0.5) is 11.4 Å². The van der Waals surface area contributed by atoms with Crippen LogP contribution in [0.3, 0.4) is 0 Å². The van der Waals surface area contributed by atoms with E-state index in [0.29, 0.717) is 16.5 Å². The molecule has 29 heavy (non-hydrogen) atoms. The SMILES string of the molecule is CN(c1cccc(NC(=S)NC(c2ccccc2)c2ccccc2)c1)S(C)(=O)=O. The number of benzene rings is 3. The zero-order chi connectivity index (χ0) is 20.9. The first-order valence-electron chi connectivity index (χ1n) is 9.06. The number of thiocarbonyl (C=S) groups is 1. The van der Waals surface area contributed by atoms with E-state index in [-0.39, 0.29) is 6.04 Å². The molecule has 0 aromatic heterocycles. The molecule has 3 rings (SSSR count). The van der Waals surface area contributed by atoms with E-state index in [0.717, 1.165) is 11.1 Å². The molecule has 150 valence electrons. The summed E-state index contributed by atoms with van der Waals surface area (Å²) in [6, 6.07) is 27.1. The molecule has 0 aliphatic heterocycles. The number of nitrogens with zero attached hydrogens (tertiary/aromatic N) is 1. The molecule has 3 aromatic carbocycles. The molecule has 7 heteroatoms. The Morgan fingerprint density at radius 1 is 0.897 bits per heavy atom. The normalized spacial score (nSPS) is 11.1. The molecule has 3 aromatic rings. The molecule has 0 amide bonds. The maximum Gasteiger partial charge on any atom is 0.231 e. The average Bonchev–Trinajstić information content (AvgIpc) is 2.72.